The molecule has 0 unspecified atom stereocenters. The first-order valence-corrected chi connectivity index (χ1v) is 9.30. The summed E-state index contributed by atoms with van der Waals surface area (Å²) >= 11 is 0. The monoisotopic (exact) mass is 366 g/mol. The largest absolute Gasteiger partial charge is 0.366 e. The number of H-pyrrole nitrogens is 1. The van der Waals surface area contributed by atoms with Gasteiger partial charge in [-0.05, 0) is 63.1 Å². The van der Waals surface area contributed by atoms with E-state index in [1.54, 1.807) is 30.3 Å². The summed E-state index contributed by atoms with van der Waals surface area (Å²) < 4.78 is 14.9. The molecule has 1 aromatic heterocycles. The highest BCUT2D eigenvalue weighted by atomic mass is 19.1. The molecule has 2 aromatic carbocycles. The predicted molar refractivity (Wildman–Crippen MR) is 104 cm³/mol. The van der Waals surface area contributed by atoms with Crippen LogP contribution in [0.5, 0.6) is 0 Å². The van der Waals surface area contributed by atoms with Gasteiger partial charge in [0.25, 0.3) is 5.91 Å². The topological polar surface area (TPSA) is 75.0 Å². The van der Waals surface area contributed by atoms with Crippen molar-refractivity contribution >= 4 is 16.9 Å². The number of hydrogen-bond acceptors (Lipinski definition) is 3. The van der Waals surface area contributed by atoms with Crippen molar-refractivity contribution in [2.24, 2.45) is 5.73 Å². The lowest BCUT2D eigenvalue weighted by atomic mass is 10.0. The van der Waals surface area contributed by atoms with Gasteiger partial charge in [-0.3, -0.25) is 9.69 Å². The minimum atomic E-state index is -0.551. The summed E-state index contributed by atoms with van der Waals surface area (Å²) in [4.78, 5) is 21.5. The molecule has 0 radical (unpaired) electrons. The van der Waals surface area contributed by atoms with Crippen molar-refractivity contribution in [3.63, 3.8) is 0 Å². The lowest BCUT2D eigenvalue weighted by Gasteiger charge is -2.28. The predicted octanol–water partition coefficient (Wildman–Crippen LogP) is 4.01. The Balaban J connectivity index is 1.72. The summed E-state index contributed by atoms with van der Waals surface area (Å²) in [6.45, 7) is 5.40. The van der Waals surface area contributed by atoms with Gasteiger partial charge in [0.1, 0.15) is 17.2 Å². The van der Waals surface area contributed by atoms with Crippen LogP contribution in [-0.2, 0) is 0 Å². The molecule has 1 aliphatic heterocycles. The SMILES string of the molecule is CC(C)N1CCC[C@H]1c1ccc(-c2nc3c(C(N)=O)cccc3[nH]2)c(F)c1. The number of hydrogen-bond donors (Lipinski definition) is 2. The highest BCUT2D eigenvalue weighted by molar-refractivity contribution is 6.04. The van der Waals surface area contributed by atoms with Crippen molar-refractivity contribution in [3.8, 4) is 11.4 Å². The van der Waals surface area contributed by atoms with E-state index in [-0.39, 0.29) is 11.9 Å². The Morgan fingerprint density at radius 2 is 2.15 bits per heavy atom. The number of nitrogens with one attached hydrogen (secondary N) is 1. The van der Waals surface area contributed by atoms with E-state index >= 15 is 0 Å². The number of benzene rings is 2. The minimum absolute atomic E-state index is 0.255. The van der Waals surface area contributed by atoms with Crippen molar-refractivity contribution in [3.05, 3.63) is 53.3 Å². The maximum atomic E-state index is 14.9. The number of para-hydroxylation sites is 1. The van der Waals surface area contributed by atoms with Crippen LogP contribution in [0, 0.1) is 5.82 Å². The number of carbonyl (C=O) groups is 1. The third kappa shape index (κ3) is 3.10. The summed E-state index contributed by atoms with van der Waals surface area (Å²) in [5.74, 6) is -0.470. The van der Waals surface area contributed by atoms with Crippen LogP contribution in [0.25, 0.3) is 22.4 Å². The standard InChI is InChI=1S/C21H23FN4O/c1-12(2)26-10-4-7-18(26)13-8-9-14(16(22)11-13)21-24-17-6-3-5-15(20(23)27)19(17)25-21/h3,5-6,8-9,11-12,18H,4,7,10H2,1-2H3,(H2,23,27)(H,24,25)/t18-/m0/s1. The van der Waals surface area contributed by atoms with E-state index in [2.05, 4.69) is 28.7 Å². The molecule has 2 heterocycles. The molecule has 1 fully saturated rings. The quantitative estimate of drug-likeness (QED) is 0.732. The molecule has 0 bridgehead atoms. The smallest absolute Gasteiger partial charge is 0.250 e. The number of halogens is 1. The lowest BCUT2D eigenvalue weighted by molar-refractivity contribution is 0.100. The van der Waals surface area contributed by atoms with E-state index < -0.39 is 5.91 Å². The molecule has 3 aromatic rings. The van der Waals surface area contributed by atoms with Gasteiger partial charge in [-0.15, -0.1) is 0 Å². The molecule has 27 heavy (non-hydrogen) atoms. The van der Waals surface area contributed by atoms with Crippen molar-refractivity contribution in [2.45, 2.75) is 38.8 Å². The lowest BCUT2D eigenvalue weighted by Crippen LogP contribution is -2.30. The molecule has 5 nitrogen and oxygen atoms in total. The van der Waals surface area contributed by atoms with Gasteiger partial charge in [0.15, 0.2) is 0 Å². The summed E-state index contributed by atoms with van der Waals surface area (Å²) in [6.07, 6.45) is 2.18. The number of fused-ring (bicyclic) bond motifs is 1. The first-order chi connectivity index (χ1) is 13.0. The van der Waals surface area contributed by atoms with Gasteiger partial charge in [0.2, 0.25) is 0 Å². The Labute approximate surface area is 157 Å². The average molecular weight is 366 g/mol. The Kier molecular flexibility index (Phi) is 4.44. The molecule has 6 heteroatoms. The van der Waals surface area contributed by atoms with E-state index in [0.717, 1.165) is 24.9 Å². The number of primary amides is 1. The second kappa shape index (κ2) is 6.78. The molecular formula is C21H23FN4O. The van der Waals surface area contributed by atoms with E-state index in [1.807, 2.05) is 6.07 Å². The Hall–Kier alpha value is -2.73. The molecular weight excluding hydrogens is 343 g/mol. The third-order valence-corrected chi connectivity index (χ3v) is 5.37. The molecule has 0 saturated carbocycles. The number of nitrogens with zero attached hydrogens (tertiary/aromatic N) is 2. The zero-order chi connectivity index (χ0) is 19.1. The van der Waals surface area contributed by atoms with Gasteiger partial charge in [-0.25, -0.2) is 9.37 Å². The Morgan fingerprint density at radius 3 is 2.85 bits per heavy atom. The van der Waals surface area contributed by atoms with Crippen molar-refractivity contribution in [1.82, 2.24) is 14.9 Å². The first-order valence-electron chi connectivity index (χ1n) is 9.30. The second-order valence-corrected chi connectivity index (χ2v) is 7.38. The van der Waals surface area contributed by atoms with Gasteiger partial charge in [-0.1, -0.05) is 12.1 Å². The zero-order valence-corrected chi connectivity index (χ0v) is 15.5. The average Bonchev–Trinajstić information content (AvgIpc) is 3.28. The fourth-order valence-electron chi connectivity index (χ4n) is 4.05. The fourth-order valence-corrected chi connectivity index (χ4v) is 4.05. The molecule has 0 aliphatic carbocycles. The number of aromatic amines is 1. The van der Waals surface area contributed by atoms with Crippen LogP contribution in [0.15, 0.2) is 36.4 Å². The maximum Gasteiger partial charge on any atom is 0.250 e. The van der Waals surface area contributed by atoms with Crippen molar-refractivity contribution in [2.75, 3.05) is 6.54 Å². The molecule has 1 atom stereocenters. The van der Waals surface area contributed by atoms with Crippen LogP contribution in [-0.4, -0.2) is 33.4 Å². The summed E-state index contributed by atoms with van der Waals surface area (Å²) in [5, 5.41) is 0. The van der Waals surface area contributed by atoms with Gasteiger partial charge in [0, 0.05) is 12.1 Å². The zero-order valence-electron chi connectivity index (χ0n) is 15.5. The van der Waals surface area contributed by atoms with Gasteiger partial charge in [-0.2, -0.15) is 0 Å². The number of rotatable bonds is 4. The number of likely N-dealkylation sites (tertiary alicyclic amines) is 1. The van der Waals surface area contributed by atoms with Crippen molar-refractivity contribution in [1.29, 1.82) is 0 Å². The van der Waals surface area contributed by atoms with Crippen LogP contribution >= 0.6 is 0 Å². The Bertz CT molecular complexity index is 1010. The van der Waals surface area contributed by atoms with E-state index in [0.29, 0.717) is 34.0 Å². The van der Waals surface area contributed by atoms with Gasteiger partial charge >= 0.3 is 0 Å². The van der Waals surface area contributed by atoms with Crippen LogP contribution < -0.4 is 5.73 Å². The van der Waals surface area contributed by atoms with Crippen LogP contribution in [0.4, 0.5) is 4.39 Å². The van der Waals surface area contributed by atoms with Crippen LogP contribution in [0.3, 0.4) is 0 Å². The maximum absolute atomic E-state index is 14.9. The summed E-state index contributed by atoms with van der Waals surface area (Å²) in [6, 6.07) is 11.2. The molecule has 1 aliphatic rings. The highest BCUT2D eigenvalue weighted by Gasteiger charge is 2.28. The number of amides is 1. The highest BCUT2D eigenvalue weighted by Crippen LogP contribution is 2.35. The van der Waals surface area contributed by atoms with E-state index in [4.69, 9.17) is 5.73 Å². The molecule has 1 saturated heterocycles. The van der Waals surface area contributed by atoms with Gasteiger partial charge in [0.05, 0.1) is 16.6 Å². The van der Waals surface area contributed by atoms with Crippen molar-refractivity contribution < 1.29 is 9.18 Å². The number of aromatic nitrogens is 2. The van der Waals surface area contributed by atoms with E-state index in [1.165, 1.54) is 0 Å². The van der Waals surface area contributed by atoms with Gasteiger partial charge < -0.3 is 10.7 Å². The Morgan fingerprint density at radius 1 is 1.33 bits per heavy atom. The number of carbonyl (C=O) groups excluding carboxylic acids is 1. The third-order valence-electron chi connectivity index (χ3n) is 5.37. The second-order valence-electron chi connectivity index (χ2n) is 7.38. The summed E-state index contributed by atoms with van der Waals surface area (Å²) in [5.41, 5.74) is 8.24. The molecule has 4 rings (SSSR count). The molecule has 3 N–H and O–H groups in total. The van der Waals surface area contributed by atoms with E-state index in [9.17, 15) is 9.18 Å². The molecule has 140 valence electrons. The van der Waals surface area contributed by atoms with Crippen LogP contribution in [0.1, 0.15) is 48.7 Å². The minimum Gasteiger partial charge on any atom is -0.366 e. The summed E-state index contributed by atoms with van der Waals surface area (Å²) in [7, 11) is 0. The molecule has 0 spiro atoms. The van der Waals surface area contributed by atoms with Crippen LogP contribution in [0.2, 0.25) is 0 Å². The fraction of sp³-hybridized carbons (Fsp3) is 0.333. The molecule has 1 amide bonds. The number of nitrogens with two attached hydrogens (primary N) is 1. The normalized spacial score (nSPS) is 17.9. The first kappa shape index (κ1) is 17.7. The number of imidazole rings is 1.